The zero-order chi connectivity index (χ0) is 20.6. The van der Waals surface area contributed by atoms with Crippen LogP contribution in [0.1, 0.15) is 59.6 Å². The minimum Gasteiger partial charge on any atom is -0.478 e. The van der Waals surface area contributed by atoms with Gasteiger partial charge in [-0.1, -0.05) is 37.8 Å². The number of pyridine rings is 1. The van der Waals surface area contributed by atoms with Gasteiger partial charge in [-0.15, -0.1) is 0 Å². The predicted octanol–water partition coefficient (Wildman–Crippen LogP) is 4.38. The Bertz CT molecular complexity index is 1140. The van der Waals surface area contributed by atoms with E-state index in [0.717, 1.165) is 23.1 Å². The summed E-state index contributed by atoms with van der Waals surface area (Å²) in [6.45, 7) is 0. The van der Waals surface area contributed by atoms with Crippen molar-refractivity contribution in [1.29, 1.82) is 0 Å². The van der Waals surface area contributed by atoms with E-state index in [1.165, 1.54) is 38.1 Å². The summed E-state index contributed by atoms with van der Waals surface area (Å²) >= 11 is 0. The highest BCUT2D eigenvalue weighted by molar-refractivity contribution is 7.90. The Balaban J connectivity index is 1.73. The van der Waals surface area contributed by atoms with Gasteiger partial charge in [0.15, 0.2) is 9.84 Å². The van der Waals surface area contributed by atoms with E-state index < -0.39 is 15.8 Å². The third-order valence-corrected chi connectivity index (χ3v) is 7.00. The molecule has 1 fully saturated rings. The van der Waals surface area contributed by atoms with Gasteiger partial charge in [0.2, 0.25) is 0 Å². The highest BCUT2D eigenvalue weighted by Gasteiger charge is 2.24. The lowest BCUT2D eigenvalue weighted by Gasteiger charge is -2.20. The van der Waals surface area contributed by atoms with Crippen molar-refractivity contribution < 1.29 is 18.3 Å². The molecule has 1 atom stereocenters. The lowest BCUT2D eigenvalue weighted by molar-refractivity contribution is 0.0696. The molecule has 6 nitrogen and oxygen atoms in total. The first-order chi connectivity index (χ1) is 13.8. The number of H-pyrrole nitrogens is 1. The third kappa shape index (κ3) is 4.19. The number of fused-ring (bicyclic) bond motifs is 1. The Morgan fingerprint density at radius 3 is 2.52 bits per heavy atom. The fourth-order valence-corrected chi connectivity index (χ4v) is 4.94. The molecule has 2 aromatic heterocycles. The molecule has 0 spiro atoms. The molecule has 0 radical (unpaired) electrons. The van der Waals surface area contributed by atoms with Crippen molar-refractivity contribution in [3.05, 3.63) is 59.4 Å². The van der Waals surface area contributed by atoms with Crippen LogP contribution in [0.15, 0.2) is 47.5 Å². The van der Waals surface area contributed by atoms with E-state index in [9.17, 15) is 18.3 Å². The summed E-state index contributed by atoms with van der Waals surface area (Å²) in [4.78, 5) is 19.2. The lowest BCUT2D eigenvalue weighted by atomic mass is 9.85. The third-order valence-electron chi connectivity index (χ3n) is 5.87. The number of carbonyl (C=O) groups is 1. The maximum Gasteiger partial charge on any atom is 0.337 e. The molecule has 3 aromatic rings. The fourth-order valence-electron chi connectivity index (χ4n) is 4.31. The van der Waals surface area contributed by atoms with Gasteiger partial charge < -0.3 is 10.1 Å². The summed E-state index contributed by atoms with van der Waals surface area (Å²) < 4.78 is 23.6. The Kier molecular flexibility index (Phi) is 5.17. The minimum atomic E-state index is -3.24. The second-order valence-corrected chi connectivity index (χ2v) is 9.99. The standard InChI is InChI=1S/C22H24N2O4S/c1-29(27,28)18-8-6-15(7-9-18)19(10-14-4-2-3-5-14)20-12-16-11-17(22(25)26)13-23-21(16)24-20/h6-9,11-14,19H,2-5,10H2,1H3,(H,23,24)(H,25,26)/t19-/m1/s1. The van der Waals surface area contributed by atoms with Gasteiger partial charge in [0.1, 0.15) is 5.65 Å². The summed E-state index contributed by atoms with van der Waals surface area (Å²) in [5.74, 6) is -0.293. The van der Waals surface area contributed by atoms with Crippen LogP contribution in [0.5, 0.6) is 0 Å². The second kappa shape index (κ2) is 7.63. The molecule has 4 rings (SSSR count). The molecule has 0 bridgehead atoms. The summed E-state index contributed by atoms with van der Waals surface area (Å²) in [5.41, 5.74) is 2.85. The molecule has 0 unspecified atom stereocenters. The first kappa shape index (κ1) is 19.6. The van der Waals surface area contributed by atoms with E-state index in [2.05, 4.69) is 9.97 Å². The van der Waals surface area contributed by atoms with Crippen LogP contribution in [0.4, 0.5) is 0 Å². The van der Waals surface area contributed by atoms with Gasteiger partial charge in [0.05, 0.1) is 10.5 Å². The topological polar surface area (TPSA) is 100 Å². The van der Waals surface area contributed by atoms with Crippen LogP contribution in [0.3, 0.4) is 0 Å². The van der Waals surface area contributed by atoms with Crippen LogP contribution in [-0.2, 0) is 9.84 Å². The van der Waals surface area contributed by atoms with Crippen LogP contribution < -0.4 is 0 Å². The van der Waals surface area contributed by atoms with Crippen LogP contribution >= 0.6 is 0 Å². The number of benzene rings is 1. The molecule has 152 valence electrons. The number of nitrogens with one attached hydrogen (secondary N) is 1. The van der Waals surface area contributed by atoms with E-state index >= 15 is 0 Å². The van der Waals surface area contributed by atoms with Gasteiger partial charge in [-0.05, 0) is 42.2 Å². The summed E-state index contributed by atoms with van der Waals surface area (Å²) in [6.07, 6.45) is 8.45. The van der Waals surface area contributed by atoms with Crippen molar-refractivity contribution in [2.24, 2.45) is 5.92 Å². The molecular formula is C22H24N2O4S. The Labute approximate surface area is 169 Å². The Hall–Kier alpha value is -2.67. The summed E-state index contributed by atoms with van der Waals surface area (Å²) in [7, 11) is -3.24. The molecule has 1 aliphatic rings. The van der Waals surface area contributed by atoms with Gasteiger partial charge in [-0.25, -0.2) is 18.2 Å². The van der Waals surface area contributed by atoms with E-state index in [-0.39, 0.29) is 11.5 Å². The largest absolute Gasteiger partial charge is 0.478 e. The normalized spacial score (nSPS) is 16.3. The minimum absolute atomic E-state index is 0.0780. The van der Waals surface area contributed by atoms with Crippen molar-refractivity contribution >= 4 is 26.8 Å². The van der Waals surface area contributed by atoms with Gasteiger partial charge in [0, 0.05) is 29.5 Å². The van der Waals surface area contributed by atoms with E-state index in [0.29, 0.717) is 16.5 Å². The van der Waals surface area contributed by atoms with Crippen LogP contribution in [0.2, 0.25) is 0 Å². The van der Waals surface area contributed by atoms with E-state index in [1.807, 2.05) is 18.2 Å². The number of sulfone groups is 1. The summed E-state index contributed by atoms with van der Waals surface area (Å²) in [5, 5.41) is 9.99. The maximum atomic E-state index is 11.8. The van der Waals surface area contributed by atoms with Crippen molar-refractivity contribution in [2.75, 3.05) is 6.26 Å². The molecule has 1 saturated carbocycles. The Morgan fingerprint density at radius 2 is 1.90 bits per heavy atom. The predicted molar refractivity (Wildman–Crippen MR) is 111 cm³/mol. The van der Waals surface area contributed by atoms with Gasteiger partial charge >= 0.3 is 5.97 Å². The molecule has 0 aliphatic heterocycles. The quantitative estimate of drug-likeness (QED) is 0.626. The smallest absolute Gasteiger partial charge is 0.337 e. The van der Waals surface area contributed by atoms with Crippen molar-refractivity contribution in [1.82, 2.24) is 9.97 Å². The number of aromatic nitrogens is 2. The van der Waals surface area contributed by atoms with Crippen LogP contribution in [-0.4, -0.2) is 35.7 Å². The van der Waals surface area contributed by atoms with Gasteiger partial charge in [0.25, 0.3) is 0 Å². The molecule has 29 heavy (non-hydrogen) atoms. The Morgan fingerprint density at radius 1 is 1.21 bits per heavy atom. The average Bonchev–Trinajstić information content (AvgIpc) is 3.34. The molecule has 0 saturated heterocycles. The lowest BCUT2D eigenvalue weighted by Crippen LogP contribution is -2.08. The second-order valence-electron chi connectivity index (χ2n) is 7.97. The number of carboxylic acid groups (broad SMARTS) is 1. The maximum absolute atomic E-state index is 11.8. The summed E-state index contributed by atoms with van der Waals surface area (Å²) in [6, 6.07) is 10.7. The monoisotopic (exact) mass is 412 g/mol. The number of rotatable bonds is 6. The number of aromatic carboxylic acids is 1. The number of hydrogen-bond acceptors (Lipinski definition) is 4. The first-order valence-electron chi connectivity index (χ1n) is 9.83. The highest BCUT2D eigenvalue weighted by Crippen LogP contribution is 2.38. The van der Waals surface area contributed by atoms with E-state index in [1.54, 1.807) is 18.2 Å². The van der Waals surface area contributed by atoms with Crippen molar-refractivity contribution in [2.45, 2.75) is 42.9 Å². The molecule has 2 heterocycles. The number of nitrogens with zero attached hydrogens (tertiary/aromatic N) is 1. The van der Waals surface area contributed by atoms with Crippen LogP contribution in [0.25, 0.3) is 11.0 Å². The van der Waals surface area contributed by atoms with E-state index in [4.69, 9.17) is 0 Å². The molecule has 2 N–H and O–H groups in total. The number of carboxylic acids is 1. The van der Waals surface area contributed by atoms with Crippen molar-refractivity contribution in [3.63, 3.8) is 0 Å². The highest BCUT2D eigenvalue weighted by atomic mass is 32.2. The SMILES string of the molecule is CS(=O)(=O)c1ccc([C@@H](CC2CCCC2)c2cc3cc(C(=O)O)cnc3[nH]2)cc1. The molecular weight excluding hydrogens is 388 g/mol. The first-order valence-corrected chi connectivity index (χ1v) is 11.7. The number of hydrogen-bond donors (Lipinski definition) is 2. The van der Waals surface area contributed by atoms with Crippen LogP contribution in [0, 0.1) is 5.92 Å². The molecule has 1 aromatic carbocycles. The fraction of sp³-hybridized carbons (Fsp3) is 0.364. The van der Waals surface area contributed by atoms with Crippen molar-refractivity contribution in [3.8, 4) is 0 Å². The number of aromatic amines is 1. The molecule has 1 aliphatic carbocycles. The average molecular weight is 413 g/mol. The molecule has 7 heteroatoms. The van der Waals surface area contributed by atoms with Gasteiger partial charge in [-0.2, -0.15) is 0 Å². The molecule has 0 amide bonds. The zero-order valence-corrected chi connectivity index (χ0v) is 17.1. The zero-order valence-electron chi connectivity index (χ0n) is 16.3. The van der Waals surface area contributed by atoms with Gasteiger partial charge in [-0.3, -0.25) is 0 Å².